The molecular formula is C41H68ClF4I4N2NaO17S3V. The Morgan fingerprint density at radius 3 is 1.16 bits per heavy atom. The van der Waals surface area contributed by atoms with E-state index in [9.17, 15) is 61.5 Å². The molecule has 0 aliphatic heterocycles. The van der Waals surface area contributed by atoms with Crippen LogP contribution in [-0.4, -0.2) is 148 Å². The largest absolute Gasteiger partial charge is 1.00 e. The van der Waals surface area contributed by atoms with Crippen LogP contribution in [0, 0.1) is 13.8 Å². The van der Waals surface area contributed by atoms with Crippen molar-refractivity contribution in [2.45, 2.75) is 77.4 Å². The third-order valence-corrected chi connectivity index (χ3v) is 10.5. The van der Waals surface area contributed by atoms with Crippen molar-refractivity contribution < 1.29 is 158 Å². The van der Waals surface area contributed by atoms with Crippen molar-refractivity contribution in [3.05, 3.63) is 102 Å². The normalized spacial score (nSPS) is 10.2. The van der Waals surface area contributed by atoms with Crippen LogP contribution in [0.1, 0.15) is 58.2 Å². The summed E-state index contributed by atoms with van der Waals surface area (Å²) >= 11 is 8.98. The number of ether oxygens (including phenoxy) is 2. The van der Waals surface area contributed by atoms with Crippen molar-refractivity contribution in [3.8, 4) is 0 Å². The molecule has 8 N–H and O–H groups in total. The van der Waals surface area contributed by atoms with E-state index in [0.29, 0.717) is 22.7 Å². The van der Waals surface area contributed by atoms with Gasteiger partial charge in [0.25, 0.3) is 10.1 Å². The van der Waals surface area contributed by atoms with Gasteiger partial charge in [-0.1, -0.05) is 83.9 Å². The minimum atomic E-state index is -6.08. The minimum absolute atomic E-state index is 0. The van der Waals surface area contributed by atoms with Crippen LogP contribution >= 0.6 is 77.2 Å². The number of carboxylic acids is 1. The standard InChI is InChI=1S/C9H12O2.C7H8O3S.C7H8.2C6H15N.C4H6F2O6S.C2H2F2O5S.ClH.I2.2HI.Na.H2O.V/c10-6-7-11-8-9-4-2-1-3-5-9;1-6-2-4-7(5-3-6)11(8,9)10;1-7-5-3-2-4-6-7;2*1-4-7(5-2)6-3;5-4(6,13(9,10)11)3(8)12-2-1-7;3-2(4,1(5)6)10(7,8)9;;1-2;;;;;/h1-5,10H,6-8H2;2-5H,1H3,(H,8,9,10);2-6H,1H3;2*4-6H2,1-3H3;7H,1-2H2,(H,9,10,11);(H,5,6)(H,7,8,9);1H;;2*1H;;1H2;/q;;;;;;;;;;;+1;;+2/p-3. The van der Waals surface area contributed by atoms with E-state index in [1.54, 1.807) is 21.9 Å². The molecule has 0 aromatic heterocycles. The van der Waals surface area contributed by atoms with Crippen molar-refractivity contribution in [1.29, 1.82) is 0 Å². The van der Waals surface area contributed by atoms with Gasteiger partial charge in [-0.05, 0) is 73.1 Å². The quantitative estimate of drug-likeness (QED) is 0.0233. The summed E-state index contributed by atoms with van der Waals surface area (Å²) in [4.78, 5) is 22.8. The Hall–Kier alpha value is 0.604. The number of aliphatic carboxylic acids is 1. The average Bonchev–Trinajstić information content (AvgIpc) is 3.31. The number of hydrogen-bond acceptors (Lipinski definition) is 14. The number of carboxylic acid groups (broad SMARTS) is 1. The Morgan fingerprint density at radius 1 is 0.635 bits per heavy atom. The van der Waals surface area contributed by atoms with Crippen LogP contribution in [0.2, 0.25) is 0 Å². The molecule has 0 aliphatic rings. The van der Waals surface area contributed by atoms with Gasteiger partial charge in [-0.3, -0.25) is 4.55 Å². The second-order valence-electron chi connectivity index (χ2n) is 13.0. The number of benzene rings is 3. The maximum absolute atomic E-state index is 12.2. The van der Waals surface area contributed by atoms with Gasteiger partial charge in [0, 0.05) is 37.2 Å². The second kappa shape index (κ2) is 56.9. The van der Waals surface area contributed by atoms with Gasteiger partial charge in [-0.2, -0.15) is 26.0 Å². The van der Waals surface area contributed by atoms with E-state index in [2.05, 4.69) is 143 Å². The topological polar surface area (TPSA) is 322 Å². The molecule has 0 radical (unpaired) electrons. The monoisotopic (exact) mass is 1650 g/mol. The van der Waals surface area contributed by atoms with Gasteiger partial charge in [-0.25, -0.2) is 26.4 Å². The molecule has 0 aliphatic carbocycles. The van der Waals surface area contributed by atoms with Gasteiger partial charge < -0.3 is 61.6 Å². The zero-order valence-corrected chi connectivity index (χ0v) is 57.4. The third-order valence-electron chi connectivity index (χ3n) is 8.05. The first-order valence-corrected chi connectivity index (χ1v) is 40.1. The molecule has 0 unspecified atom stereocenters. The third kappa shape index (κ3) is 53.3. The van der Waals surface area contributed by atoms with Gasteiger partial charge in [0.15, 0.2) is 20.2 Å². The number of esters is 1. The number of carbonyl (C=O) groups is 2. The molecule has 0 saturated heterocycles. The van der Waals surface area contributed by atoms with Crippen LogP contribution in [0.3, 0.4) is 0 Å². The molecular weight excluding hydrogens is 1580 g/mol. The molecule has 3 aromatic rings. The fourth-order valence-corrected chi connectivity index (χ4v) is 4.96. The second-order valence-corrected chi connectivity index (χ2v) is 29.0. The number of aliphatic hydroxyl groups is 2. The van der Waals surface area contributed by atoms with Gasteiger partial charge >= 0.3 is 101 Å². The van der Waals surface area contributed by atoms with Gasteiger partial charge in [0.05, 0.1) is 70.6 Å². The summed E-state index contributed by atoms with van der Waals surface area (Å²) in [5, 5.41) is 13.6. The Kier molecular flexibility index (Phi) is 72.2. The molecule has 3 aromatic carbocycles. The Morgan fingerprint density at radius 2 is 0.946 bits per heavy atom. The Bertz CT molecular complexity index is 2070. The smallest absolute Gasteiger partial charge is 1.00 e. The van der Waals surface area contributed by atoms with Gasteiger partial charge in [0.2, 0.25) is 0 Å². The van der Waals surface area contributed by atoms with Gasteiger partial charge in [0.1, 0.15) is 6.61 Å². The SMILES string of the molecule is CC[NH+](CC)CC.CC[NH+](CC)CC.Cc1ccc(S(=O)(=O)O)cc1.Cc1ccccc1.II.O.O=C(O)C(F)(F)S(=O)(=O)[O-].O=C(OCCO)C(F)(F)S(=O)(=O)[O-].OCCOCc1ccccc1.[Cl-].[I][V][I].[Na+]. The fourth-order valence-electron chi connectivity index (χ4n) is 4.00. The predicted molar refractivity (Wildman–Crippen MR) is 295 cm³/mol. The summed E-state index contributed by atoms with van der Waals surface area (Å²) in [5.41, 5.74) is 3.42. The number of halogens is 9. The number of aliphatic hydroxyl groups excluding tert-OH is 2. The number of quaternary nitrogens is 2. The fraction of sp³-hybridized carbons (Fsp3) is 0.512. The number of rotatable bonds is 17. The van der Waals surface area contributed by atoms with E-state index >= 15 is 0 Å². The van der Waals surface area contributed by atoms with E-state index in [-0.39, 0.29) is 58.9 Å². The molecule has 74 heavy (non-hydrogen) atoms. The maximum atomic E-state index is 12.2. The molecule has 19 nitrogen and oxygen atoms in total. The summed E-state index contributed by atoms with van der Waals surface area (Å²) < 4.78 is 143. The number of hydrogen-bond donors (Lipinski definition) is 6. The Labute approximate surface area is 515 Å². The van der Waals surface area contributed by atoms with E-state index < -0.39 is 66.0 Å². The zero-order chi connectivity index (χ0) is 56.9. The molecule has 33 heteroatoms. The maximum Gasteiger partial charge on any atom is 1.00 e. The van der Waals surface area contributed by atoms with Crippen LogP contribution in [0.25, 0.3) is 0 Å². The number of alkyl halides is 4. The summed E-state index contributed by atoms with van der Waals surface area (Å²) in [6, 6.07) is 26.2. The Balaban J connectivity index is -0.0000000940. The van der Waals surface area contributed by atoms with Crippen molar-refractivity contribution >= 4 is 119 Å². The van der Waals surface area contributed by atoms with Crippen molar-refractivity contribution in [2.24, 2.45) is 0 Å². The van der Waals surface area contributed by atoms with Gasteiger partial charge in [-0.15, -0.1) is 0 Å². The van der Waals surface area contributed by atoms with Crippen LogP contribution in [0.4, 0.5) is 17.6 Å². The number of aryl methyl sites for hydroxylation is 2. The molecule has 0 atom stereocenters. The molecule has 431 valence electrons. The van der Waals surface area contributed by atoms with Crippen molar-refractivity contribution in [1.82, 2.24) is 0 Å². The molecule has 0 fully saturated rings. The van der Waals surface area contributed by atoms with E-state index in [1.165, 1.54) is 57.0 Å². The number of nitrogens with one attached hydrogen (secondary N) is 2. The zero-order valence-electron chi connectivity index (χ0n) is 42.1. The summed E-state index contributed by atoms with van der Waals surface area (Å²) in [6.45, 7) is 24.4. The van der Waals surface area contributed by atoms with Crippen LogP contribution < -0.4 is 51.8 Å². The first-order valence-electron chi connectivity index (χ1n) is 20.6. The van der Waals surface area contributed by atoms with Crippen LogP contribution in [0.5, 0.6) is 0 Å². The summed E-state index contributed by atoms with van der Waals surface area (Å²) in [5.74, 6) is -5.46. The minimum Gasteiger partial charge on any atom is 1.00 e. The molecule has 0 bridgehead atoms. The van der Waals surface area contributed by atoms with Crippen molar-refractivity contribution in [3.63, 3.8) is 0 Å². The molecule has 0 amide bonds. The van der Waals surface area contributed by atoms with E-state index in [4.69, 9.17) is 24.6 Å². The summed E-state index contributed by atoms with van der Waals surface area (Å²) in [7, 11) is -15.5. The molecule has 0 heterocycles. The molecule has 3 rings (SSSR count). The van der Waals surface area contributed by atoms with E-state index in [1.807, 2.05) is 55.5 Å². The molecule has 0 saturated carbocycles. The average molecular weight is 1650 g/mol. The molecule has 0 spiro atoms. The first kappa shape index (κ1) is 93.9. The summed E-state index contributed by atoms with van der Waals surface area (Å²) in [6.07, 6.45) is 0. The number of carbonyl (C=O) groups excluding carboxylic acids is 1. The van der Waals surface area contributed by atoms with Crippen LogP contribution in [-0.2, 0) is 65.5 Å². The first-order chi connectivity index (χ1) is 32.9. The van der Waals surface area contributed by atoms with E-state index in [0.717, 1.165) is 11.1 Å². The van der Waals surface area contributed by atoms with Crippen LogP contribution in [0.15, 0.2) is 89.8 Å². The van der Waals surface area contributed by atoms with Crippen molar-refractivity contribution in [2.75, 3.05) is 65.7 Å². The predicted octanol–water partition coefficient (Wildman–Crippen LogP) is -1.11.